The van der Waals surface area contributed by atoms with Crippen molar-refractivity contribution in [3.63, 3.8) is 0 Å². The molecule has 10 aromatic carbocycles. The standard InChI is InChI=1S/C53H36N2/c1-33-10-7-11-37-24-25-39-13-9-17-47(53(39)51(33)37)46-16-8-12-38-26-27-41-32-40(28-29-43(41)52(38)46)35-20-22-36(23-21-35)42-30-31-49(45-15-4-3-14-44(42)45)55-34(2)54-48-18-5-6-19-50(48)55/h3-32H,1-2H3. The van der Waals surface area contributed by atoms with Crippen LogP contribution in [-0.2, 0) is 0 Å². The molecule has 2 heteroatoms. The van der Waals surface area contributed by atoms with Gasteiger partial charge in [-0.05, 0) is 126 Å². The molecule has 0 saturated heterocycles. The molecule has 11 rings (SSSR count). The first-order valence-corrected chi connectivity index (χ1v) is 19.0. The molecule has 0 aliphatic carbocycles. The van der Waals surface area contributed by atoms with Crippen LogP contribution in [0.25, 0.3) is 104 Å². The zero-order valence-electron chi connectivity index (χ0n) is 30.7. The van der Waals surface area contributed by atoms with Crippen LogP contribution in [0.3, 0.4) is 0 Å². The highest BCUT2D eigenvalue weighted by atomic mass is 15.1. The first kappa shape index (κ1) is 31.5. The molecular formula is C53H36N2. The van der Waals surface area contributed by atoms with E-state index in [1.54, 1.807) is 0 Å². The zero-order chi connectivity index (χ0) is 36.6. The molecule has 55 heavy (non-hydrogen) atoms. The Morgan fingerprint density at radius 3 is 1.80 bits per heavy atom. The van der Waals surface area contributed by atoms with Gasteiger partial charge in [-0.15, -0.1) is 0 Å². The average molecular weight is 701 g/mol. The Hall–Kier alpha value is -7.03. The minimum Gasteiger partial charge on any atom is -0.296 e. The van der Waals surface area contributed by atoms with Gasteiger partial charge < -0.3 is 0 Å². The highest BCUT2D eigenvalue weighted by Crippen LogP contribution is 2.42. The maximum Gasteiger partial charge on any atom is 0.111 e. The number of benzene rings is 10. The Kier molecular flexibility index (Phi) is 7.02. The van der Waals surface area contributed by atoms with Crippen molar-refractivity contribution in [2.45, 2.75) is 13.8 Å². The summed E-state index contributed by atoms with van der Waals surface area (Å²) in [6.45, 7) is 4.32. The van der Waals surface area contributed by atoms with E-state index in [-0.39, 0.29) is 0 Å². The molecule has 1 heterocycles. The number of rotatable bonds is 4. The first-order chi connectivity index (χ1) is 27.1. The highest BCUT2D eigenvalue weighted by Gasteiger charge is 2.16. The van der Waals surface area contributed by atoms with E-state index in [2.05, 4.69) is 200 Å². The Bertz CT molecular complexity index is 3330. The van der Waals surface area contributed by atoms with Gasteiger partial charge in [0, 0.05) is 5.39 Å². The minimum atomic E-state index is 0.986. The van der Waals surface area contributed by atoms with Crippen LogP contribution >= 0.6 is 0 Å². The minimum absolute atomic E-state index is 0.986. The predicted octanol–water partition coefficient (Wildman–Crippen LogP) is 14.4. The van der Waals surface area contributed by atoms with Crippen molar-refractivity contribution in [1.29, 1.82) is 0 Å². The second kappa shape index (κ2) is 12.3. The van der Waals surface area contributed by atoms with E-state index in [1.807, 2.05) is 0 Å². The van der Waals surface area contributed by atoms with Gasteiger partial charge in [-0.2, -0.15) is 0 Å². The van der Waals surface area contributed by atoms with E-state index in [4.69, 9.17) is 4.98 Å². The molecule has 2 nitrogen and oxygen atoms in total. The van der Waals surface area contributed by atoms with Crippen LogP contribution in [0.1, 0.15) is 11.4 Å². The van der Waals surface area contributed by atoms with Crippen LogP contribution in [0, 0.1) is 13.8 Å². The van der Waals surface area contributed by atoms with E-state index < -0.39 is 0 Å². The average Bonchev–Trinajstić information content (AvgIpc) is 3.57. The molecule has 0 aliphatic rings. The number of aromatic nitrogens is 2. The smallest absolute Gasteiger partial charge is 0.111 e. The number of hydrogen-bond donors (Lipinski definition) is 0. The SMILES string of the molecule is Cc1cccc2ccc3cccc(-c4cccc5ccc6cc(-c7ccc(-c8ccc(-n9c(C)nc%10ccccc%109)c9ccccc89)cc7)ccc6c45)c3c12. The molecule has 0 atom stereocenters. The lowest BCUT2D eigenvalue weighted by Gasteiger charge is -2.16. The van der Waals surface area contributed by atoms with E-state index in [0.717, 1.165) is 22.5 Å². The molecule has 11 aromatic rings. The van der Waals surface area contributed by atoms with Crippen LogP contribution in [0.4, 0.5) is 0 Å². The van der Waals surface area contributed by atoms with E-state index >= 15 is 0 Å². The molecule has 1 aromatic heterocycles. The first-order valence-electron chi connectivity index (χ1n) is 19.0. The third kappa shape index (κ3) is 4.92. The quantitative estimate of drug-likeness (QED) is 0.167. The third-order valence-corrected chi connectivity index (χ3v) is 11.6. The molecule has 0 saturated carbocycles. The summed E-state index contributed by atoms with van der Waals surface area (Å²) in [6.07, 6.45) is 0. The summed E-state index contributed by atoms with van der Waals surface area (Å²) in [5, 5.41) is 12.7. The fourth-order valence-corrected chi connectivity index (χ4v) is 9.11. The Balaban J connectivity index is 1.00. The fraction of sp³-hybridized carbons (Fsp3) is 0.0377. The largest absolute Gasteiger partial charge is 0.296 e. The fourth-order valence-electron chi connectivity index (χ4n) is 9.11. The lowest BCUT2D eigenvalue weighted by Crippen LogP contribution is -1.98. The summed E-state index contributed by atoms with van der Waals surface area (Å²) in [5.41, 5.74) is 12.0. The molecule has 258 valence electrons. The van der Waals surface area contributed by atoms with Crippen molar-refractivity contribution in [1.82, 2.24) is 9.55 Å². The number of fused-ring (bicyclic) bond motifs is 8. The zero-order valence-corrected chi connectivity index (χ0v) is 30.7. The van der Waals surface area contributed by atoms with Gasteiger partial charge >= 0.3 is 0 Å². The van der Waals surface area contributed by atoms with Gasteiger partial charge in [0.05, 0.1) is 16.7 Å². The van der Waals surface area contributed by atoms with Crippen molar-refractivity contribution in [3.05, 3.63) is 193 Å². The van der Waals surface area contributed by atoms with Gasteiger partial charge in [-0.1, -0.05) is 158 Å². The normalized spacial score (nSPS) is 11.8. The number of hydrogen-bond acceptors (Lipinski definition) is 1. The van der Waals surface area contributed by atoms with Crippen LogP contribution < -0.4 is 0 Å². The highest BCUT2D eigenvalue weighted by molar-refractivity contribution is 6.21. The summed E-state index contributed by atoms with van der Waals surface area (Å²) in [4.78, 5) is 4.85. The number of nitrogens with zero attached hydrogens (tertiary/aromatic N) is 2. The maximum absolute atomic E-state index is 4.85. The molecule has 0 amide bonds. The van der Waals surface area contributed by atoms with E-state index in [9.17, 15) is 0 Å². The van der Waals surface area contributed by atoms with Gasteiger partial charge in [0.2, 0.25) is 0 Å². The van der Waals surface area contributed by atoms with Gasteiger partial charge in [0.15, 0.2) is 0 Å². The summed E-state index contributed by atoms with van der Waals surface area (Å²) >= 11 is 0. The summed E-state index contributed by atoms with van der Waals surface area (Å²) < 4.78 is 2.28. The summed E-state index contributed by atoms with van der Waals surface area (Å²) in [5.74, 6) is 0.986. The lowest BCUT2D eigenvalue weighted by atomic mass is 9.88. The molecule has 0 aliphatic heterocycles. The summed E-state index contributed by atoms with van der Waals surface area (Å²) in [6, 6.07) is 66.8. The lowest BCUT2D eigenvalue weighted by molar-refractivity contribution is 1.01. The third-order valence-electron chi connectivity index (χ3n) is 11.6. The maximum atomic E-state index is 4.85. The Labute approximate surface area is 319 Å². The molecule has 0 bridgehead atoms. The van der Waals surface area contributed by atoms with Crippen molar-refractivity contribution >= 4 is 64.9 Å². The number of para-hydroxylation sites is 2. The molecule has 0 radical (unpaired) electrons. The monoisotopic (exact) mass is 700 g/mol. The van der Waals surface area contributed by atoms with Crippen molar-refractivity contribution < 1.29 is 0 Å². The second-order valence-electron chi connectivity index (χ2n) is 14.8. The van der Waals surface area contributed by atoms with Crippen LogP contribution in [0.2, 0.25) is 0 Å². The van der Waals surface area contributed by atoms with Gasteiger partial charge in [0.1, 0.15) is 5.82 Å². The predicted molar refractivity (Wildman–Crippen MR) is 234 cm³/mol. The second-order valence-corrected chi connectivity index (χ2v) is 14.8. The van der Waals surface area contributed by atoms with Crippen molar-refractivity contribution in [2.24, 2.45) is 0 Å². The molecular weight excluding hydrogens is 665 g/mol. The molecule has 0 unspecified atom stereocenters. The van der Waals surface area contributed by atoms with Crippen LogP contribution in [-0.4, -0.2) is 9.55 Å². The molecule has 0 spiro atoms. The summed E-state index contributed by atoms with van der Waals surface area (Å²) in [7, 11) is 0. The topological polar surface area (TPSA) is 17.8 Å². The Morgan fingerprint density at radius 1 is 0.382 bits per heavy atom. The van der Waals surface area contributed by atoms with Crippen LogP contribution in [0.15, 0.2) is 182 Å². The van der Waals surface area contributed by atoms with Gasteiger partial charge in [-0.25, -0.2) is 4.98 Å². The van der Waals surface area contributed by atoms with Crippen molar-refractivity contribution in [2.75, 3.05) is 0 Å². The number of aryl methyl sites for hydroxylation is 2. The molecule has 0 N–H and O–H groups in total. The van der Waals surface area contributed by atoms with Gasteiger partial charge in [-0.3, -0.25) is 4.57 Å². The van der Waals surface area contributed by atoms with Gasteiger partial charge in [0.25, 0.3) is 0 Å². The van der Waals surface area contributed by atoms with Crippen LogP contribution in [0.5, 0.6) is 0 Å². The molecule has 0 fully saturated rings. The number of imidazole rings is 1. The van der Waals surface area contributed by atoms with Crippen molar-refractivity contribution in [3.8, 4) is 39.1 Å². The van der Waals surface area contributed by atoms with E-state index in [1.165, 1.54) is 92.8 Å². The Morgan fingerprint density at radius 2 is 1.00 bits per heavy atom. The van der Waals surface area contributed by atoms with E-state index in [0.29, 0.717) is 0 Å².